The molecule has 5 nitrogen and oxygen atoms in total. The molecule has 1 aliphatic heterocycles. The molecule has 4 rings (SSSR count). The van der Waals surface area contributed by atoms with Gasteiger partial charge in [0.15, 0.2) is 11.5 Å². The summed E-state index contributed by atoms with van der Waals surface area (Å²) in [6, 6.07) is 10.3. The minimum absolute atomic E-state index is 0.0572. The van der Waals surface area contributed by atoms with Gasteiger partial charge in [0.05, 0.1) is 5.92 Å². The number of carbonyl (C=O) groups is 1. The van der Waals surface area contributed by atoms with Crippen LogP contribution in [0, 0.1) is 5.95 Å². The van der Waals surface area contributed by atoms with Crippen LogP contribution in [0.2, 0.25) is 0 Å². The van der Waals surface area contributed by atoms with Crippen molar-refractivity contribution in [3.63, 3.8) is 0 Å². The number of pyridine rings is 1. The first-order chi connectivity index (χ1) is 11.7. The standard InChI is InChI=1S/C18H16FN3O2/c19-16-10-12(7-8-20-16)18(23)22-9-3-4-13(11-22)17-21-14-5-1-2-6-15(14)24-17/h1-2,5-8,10,13H,3-4,9,11H2/t13-/m0/s1. The second-order valence-corrected chi connectivity index (χ2v) is 5.98. The van der Waals surface area contributed by atoms with E-state index >= 15 is 0 Å². The molecule has 0 unspecified atom stereocenters. The molecule has 3 heterocycles. The highest BCUT2D eigenvalue weighted by Crippen LogP contribution is 2.29. The molecule has 24 heavy (non-hydrogen) atoms. The van der Waals surface area contributed by atoms with E-state index in [1.165, 1.54) is 18.3 Å². The van der Waals surface area contributed by atoms with Crippen molar-refractivity contribution in [3.8, 4) is 0 Å². The summed E-state index contributed by atoms with van der Waals surface area (Å²) in [7, 11) is 0. The van der Waals surface area contributed by atoms with Crippen LogP contribution >= 0.6 is 0 Å². The highest BCUT2D eigenvalue weighted by molar-refractivity contribution is 5.94. The summed E-state index contributed by atoms with van der Waals surface area (Å²) in [6.45, 7) is 1.18. The van der Waals surface area contributed by atoms with E-state index in [1.807, 2.05) is 24.3 Å². The van der Waals surface area contributed by atoms with Crippen molar-refractivity contribution in [1.82, 2.24) is 14.9 Å². The largest absolute Gasteiger partial charge is 0.440 e. The topological polar surface area (TPSA) is 59.2 Å². The minimum atomic E-state index is -0.645. The molecule has 122 valence electrons. The van der Waals surface area contributed by atoms with E-state index in [0.717, 1.165) is 23.9 Å². The second kappa shape index (κ2) is 6.03. The lowest BCUT2D eigenvalue weighted by atomic mass is 9.97. The molecule has 0 N–H and O–H groups in total. The van der Waals surface area contributed by atoms with Gasteiger partial charge in [-0.15, -0.1) is 0 Å². The molecule has 3 aromatic rings. The first kappa shape index (κ1) is 14.8. The summed E-state index contributed by atoms with van der Waals surface area (Å²) in [4.78, 5) is 22.3. The van der Waals surface area contributed by atoms with Crippen LogP contribution in [0.15, 0.2) is 47.0 Å². The molecule has 0 radical (unpaired) electrons. The van der Waals surface area contributed by atoms with Crippen molar-refractivity contribution in [3.05, 3.63) is 60.0 Å². The van der Waals surface area contributed by atoms with Gasteiger partial charge in [-0.2, -0.15) is 4.39 Å². The van der Waals surface area contributed by atoms with E-state index in [1.54, 1.807) is 4.90 Å². The molecule has 0 saturated carbocycles. The third-order valence-electron chi connectivity index (χ3n) is 4.34. The quantitative estimate of drug-likeness (QED) is 0.678. The maximum Gasteiger partial charge on any atom is 0.254 e. The van der Waals surface area contributed by atoms with E-state index < -0.39 is 5.95 Å². The molecule has 1 saturated heterocycles. The molecule has 0 bridgehead atoms. The summed E-state index contributed by atoms with van der Waals surface area (Å²) < 4.78 is 19.1. The summed E-state index contributed by atoms with van der Waals surface area (Å²) in [5, 5.41) is 0. The van der Waals surface area contributed by atoms with Crippen LogP contribution in [0.4, 0.5) is 4.39 Å². The Morgan fingerprint density at radius 1 is 1.29 bits per heavy atom. The van der Waals surface area contributed by atoms with Crippen molar-refractivity contribution >= 4 is 17.0 Å². The number of para-hydroxylation sites is 2. The number of nitrogens with zero attached hydrogens (tertiary/aromatic N) is 3. The third-order valence-corrected chi connectivity index (χ3v) is 4.34. The Kier molecular flexibility index (Phi) is 3.72. The molecular formula is C18H16FN3O2. The van der Waals surface area contributed by atoms with Crippen LogP contribution in [0.25, 0.3) is 11.1 Å². The molecule has 1 fully saturated rings. The fraction of sp³-hybridized carbons (Fsp3) is 0.278. The molecular weight excluding hydrogens is 309 g/mol. The fourth-order valence-corrected chi connectivity index (χ4v) is 3.15. The van der Waals surface area contributed by atoms with Gasteiger partial charge in [-0.3, -0.25) is 4.79 Å². The summed E-state index contributed by atoms with van der Waals surface area (Å²) in [5.74, 6) is -0.109. The number of fused-ring (bicyclic) bond motifs is 1. The van der Waals surface area contributed by atoms with Gasteiger partial charge in [0.2, 0.25) is 5.95 Å². The number of likely N-dealkylation sites (tertiary alicyclic amines) is 1. The van der Waals surface area contributed by atoms with Crippen molar-refractivity contribution in [2.45, 2.75) is 18.8 Å². The smallest absolute Gasteiger partial charge is 0.254 e. The molecule has 1 amide bonds. The molecule has 1 atom stereocenters. The summed E-state index contributed by atoms with van der Waals surface area (Å²) >= 11 is 0. The Morgan fingerprint density at radius 2 is 2.17 bits per heavy atom. The Balaban J connectivity index is 1.56. The van der Waals surface area contributed by atoms with Crippen LogP contribution in [0.3, 0.4) is 0 Å². The van der Waals surface area contributed by atoms with Crippen LogP contribution in [-0.2, 0) is 0 Å². The van der Waals surface area contributed by atoms with Gasteiger partial charge in [-0.1, -0.05) is 12.1 Å². The maximum atomic E-state index is 13.2. The van der Waals surface area contributed by atoms with Gasteiger partial charge in [0.25, 0.3) is 5.91 Å². The number of hydrogen-bond donors (Lipinski definition) is 0. The predicted molar refractivity (Wildman–Crippen MR) is 86.1 cm³/mol. The van der Waals surface area contributed by atoms with Crippen molar-refractivity contribution in [1.29, 1.82) is 0 Å². The van der Waals surface area contributed by atoms with E-state index in [0.29, 0.717) is 24.5 Å². The molecule has 6 heteroatoms. The number of aromatic nitrogens is 2. The molecule has 0 aliphatic carbocycles. The van der Waals surface area contributed by atoms with Crippen LogP contribution in [0.1, 0.15) is 35.0 Å². The van der Waals surface area contributed by atoms with E-state index in [4.69, 9.17) is 4.42 Å². The third kappa shape index (κ3) is 2.75. The van der Waals surface area contributed by atoms with Crippen LogP contribution in [-0.4, -0.2) is 33.9 Å². The number of piperidine rings is 1. The van der Waals surface area contributed by atoms with E-state index in [-0.39, 0.29) is 11.8 Å². The normalized spacial score (nSPS) is 18.0. The van der Waals surface area contributed by atoms with Gasteiger partial charge >= 0.3 is 0 Å². The summed E-state index contributed by atoms with van der Waals surface area (Å²) in [6.07, 6.45) is 3.09. The van der Waals surface area contributed by atoms with Crippen LogP contribution < -0.4 is 0 Å². The van der Waals surface area contributed by atoms with Gasteiger partial charge in [-0.05, 0) is 31.0 Å². The number of rotatable bonds is 2. The molecule has 1 aromatic carbocycles. The molecule has 2 aromatic heterocycles. The number of amides is 1. The highest BCUT2D eigenvalue weighted by Gasteiger charge is 2.28. The average Bonchev–Trinajstić information content (AvgIpc) is 3.05. The lowest BCUT2D eigenvalue weighted by Crippen LogP contribution is -2.39. The van der Waals surface area contributed by atoms with Crippen molar-refractivity contribution in [2.75, 3.05) is 13.1 Å². The zero-order chi connectivity index (χ0) is 16.5. The first-order valence-electron chi connectivity index (χ1n) is 7.97. The number of carbonyl (C=O) groups excluding carboxylic acids is 1. The van der Waals surface area contributed by atoms with Gasteiger partial charge in [0.1, 0.15) is 5.52 Å². The Hall–Kier alpha value is -2.76. The van der Waals surface area contributed by atoms with Crippen molar-refractivity contribution < 1.29 is 13.6 Å². The Bertz CT molecular complexity index is 860. The lowest BCUT2D eigenvalue weighted by Gasteiger charge is -2.31. The number of oxazole rings is 1. The van der Waals surface area contributed by atoms with Gasteiger partial charge < -0.3 is 9.32 Å². The first-order valence-corrected chi connectivity index (χ1v) is 7.97. The van der Waals surface area contributed by atoms with Crippen molar-refractivity contribution in [2.24, 2.45) is 0 Å². The number of hydrogen-bond acceptors (Lipinski definition) is 4. The number of halogens is 1. The maximum absolute atomic E-state index is 13.2. The van der Waals surface area contributed by atoms with Gasteiger partial charge in [0, 0.05) is 30.9 Å². The molecule has 0 spiro atoms. The average molecular weight is 325 g/mol. The van der Waals surface area contributed by atoms with Gasteiger partial charge in [-0.25, -0.2) is 9.97 Å². The zero-order valence-corrected chi connectivity index (χ0v) is 13.0. The SMILES string of the molecule is O=C(c1ccnc(F)c1)N1CCC[C@H](c2nc3ccccc3o2)C1. The Labute approximate surface area is 138 Å². The monoisotopic (exact) mass is 325 g/mol. The minimum Gasteiger partial charge on any atom is -0.440 e. The highest BCUT2D eigenvalue weighted by atomic mass is 19.1. The lowest BCUT2D eigenvalue weighted by molar-refractivity contribution is 0.0698. The van der Waals surface area contributed by atoms with Crippen LogP contribution in [0.5, 0.6) is 0 Å². The van der Waals surface area contributed by atoms with E-state index in [9.17, 15) is 9.18 Å². The fourth-order valence-electron chi connectivity index (χ4n) is 3.15. The predicted octanol–water partition coefficient (Wildman–Crippen LogP) is 3.38. The summed E-state index contributed by atoms with van der Waals surface area (Å²) in [5.41, 5.74) is 1.90. The Morgan fingerprint density at radius 3 is 3.00 bits per heavy atom. The van der Waals surface area contributed by atoms with E-state index in [2.05, 4.69) is 9.97 Å². The second-order valence-electron chi connectivity index (χ2n) is 5.98. The number of benzene rings is 1. The molecule has 1 aliphatic rings. The zero-order valence-electron chi connectivity index (χ0n) is 13.0.